The van der Waals surface area contributed by atoms with E-state index < -0.39 is 11.9 Å². The van der Waals surface area contributed by atoms with Gasteiger partial charge < -0.3 is 10.2 Å². The number of hydrogen-bond acceptors (Lipinski definition) is 2. The zero-order valence-corrected chi connectivity index (χ0v) is 10.5. The fourth-order valence-corrected chi connectivity index (χ4v) is 1.70. The first-order valence-corrected chi connectivity index (χ1v) is 5.91. The summed E-state index contributed by atoms with van der Waals surface area (Å²) < 4.78 is 0. The summed E-state index contributed by atoms with van der Waals surface area (Å²) in [6.45, 7) is 0. The third-order valence-corrected chi connectivity index (χ3v) is 2.76. The average Bonchev–Trinajstić information content (AvgIpc) is 2.46. The Balaban J connectivity index is 2.18. The van der Waals surface area contributed by atoms with E-state index in [0.29, 0.717) is 0 Å². The lowest BCUT2D eigenvalue weighted by Crippen LogP contribution is -1.95. The van der Waals surface area contributed by atoms with Gasteiger partial charge in [0.1, 0.15) is 0 Å². The lowest BCUT2D eigenvalue weighted by molar-refractivity contribution is 0.0686. The molecular formula is C16H12O4. The molecule has 0 bridgehead atoms. The predicted octanol–water partition coefficient (Wildman–Crippen LogP) is 3.25. The summed E-state index contributed by atoms with van der Waals surface area (Å²) in [6.07, 6.45) is 3.58. The molecule has 100 valence electrons. The molecule has 2 rings (SSSR count). The van der Waals surface area contributed by atoms with E-state index in [-0.39, 0.29) is 11.1 Å². The summed E-state index contributed by atoms with van der Waals surface area (Å²) in [6, 6.07) is 13.0. The molecule has 0 spiro atoms. The standard InChI is InChI=1S/C16H12O4/c17-15(18)13-8-6-11(7-9-13)4-5-12-2-1-3-14(10-12)16(19)20/h1-10H,(H,17,18)(H,19,20)/b5-4+. The Morgan fingerprint density at radius 1 is 0.750 bits per heavy atom. The van der Waals surface area contributed by atoms with Crippen LogP contribution in [0.25, 0.3) is 12.2 Å². The molecule has 0 aliphatic heterocycles. The molecule has 2 aromatic carbocycles. The lowest BCUT2D eigenvalue weighted by Gasteiger charge is -1.98. The number of carboxylic acids is 2. The molecule has 2 N–H and O–H groups in total. The van der Waals surface area contributed by atoms with Gasteiger partial charge in [-0.05, 0) is 35.4 Å². The number of rotatable bonds is 4. The summed E-state index contributed by atoms with van der Waals surface area (Å²) in [7, 11) is 0. The van der Waals surface area contributed by atoms with E-state index in [1.807, 2.05) is 0 Å². The minimum absolute atomic E-state index is 0.230. The van der Waals surface area contributed by atoms with Crippen LogP contribution >= 0.6 is 0 Å². The van der Waals surface area contributed by atoms with Gasteiger partial charge >= 0.3 is 11.9 Å². The first-order chi connectivity index (χ1) is 9.56. The Bertz CT molecular complexity index is 669. The maximum atomic E-state index is 10.8. The van der Waals surface area contributed by atoms with Crippen LogP contribution in [0.5, 0.6) is 0 Å². The zero-order valence-electron chi connectivity index (χ0n) is 10.5. The summed E-state index contributed by atoms with van der Waals surface area (Å²) in [4.78, 5) is 21.6. The van der Waals surface area contributed by atoms with Gasteiger partial charge in [-0.3, -0.25) is 0 Å². The second kappa shape index (κ2) is 5.84. The van der Waals surface area contributed by atoms with Gasteiger partial charge in [0.2, 0.25) is 0 Å². The first kappa shape index (κ1) is 13.5. The van der Waals surface area contributed by atoms with Crippen molar-refractivity contribution in [1.29, 1.82) is 0 Å². The maximum absolute atomic E-state index is 10.8. The number of carbonyl (C=O) groups is 2. The average molecular weight is 268 g/mol. The maximum Gasteiger partial charge on any atom is 0.335 e. The topological polar surface area (TPSA) is 74.6 Å². The quantitative estimate of drug-likeness (QED) is 0.835. The van der Waals surface area contributed by atoms with Crippen LogP contribution in [-0.2, 0) is 0 Å². The molecule has 0 saturated carbocycles. The van der Waals surface area contributed by atoms with Crippen molar-refractivity contribution < 1.29 is 19.8 Å². The van der Waals surface area contributed by atoms with Crippen molar-refractivity contribution >= 4 is 24.1 Å². The molecule has 20 heavy (non-hydrogen) atoms. The highest BCUT2D eigenvalue weighted by Gasteiger charge is 2.02. The van der Waals surface area contributed by atoms with Crippen LogP contribution in [0.1, 0.15) is 31.8 Å². The van der Waals surface area contributed by atoms with Crippen LogP contribution in [0, 0.1) is 0 Å². The van der Waals surface area contributed by atoms with Crippen LogP contribution in [-0.4, -0.2) is 22.2 Å². The van der Waals surface area contributed by atoms with Gasteiger partial charge in [-0.1, -0.05) is 36.4 Å². The first-order valence-electron chi connectivity index (χ1n) is 5.91. The van der Waals surface area contributed by atoms with Gasteiger partial charge in [0.25, 0.3) is 0 Å². The zero-order chi connectivity index (χ0) is 14.5. The molecule has 0 fully saturated rings. The fraction of sp³-hybridized carbons (Fsp3) is 0. The Kier molecular flexibility index (Phi) is 3.96. The van der Waals surface area contributed by atoms with Crippen LogP contribution in [0.4, 0.5) is 0 Å². The summed E-state index contributed by atoms with van der Waals surface area (Å²) in [5.74, 6) is -1.93. The molecule has 0 amide bonds. The molecule has 0 unspecified atom stereocenters. The van der Waals surface area contributed by atoms with Gasteiger partial charge in [-0.15, -0.1) is 0 Å². The monoisotopic (exact) mass is 268 g/mol. The molecule has 0 saturated heterocycles. The molecule has 0 radical (unpaired) electrons. The normalized spacial score (nSPS) is 10.6. The van der Waals surface area contributed by atoms with Gasteiger partial charge in [-0.25, -0.2) is 9.59 Å². The SMILES string of the molecule is O=C(O)c1ccc(/C=C/c2cccc(C(=O)O)c2)cc1. The van der Waals surface area contributed by atoms with Crippen molar-refractivity contribution in [2.24, 2.45) is 0 Å². The summed E-state index contributed by atoms with van der Waals surface area (Å²) >= 11 is 0. The minimum Gasteiger partial charge on any atom is -0.478 e. The number of hydrogen-bond donors (Lipinski definition) is 2. The van der Waals surface area contributed by atoms with Gasteiger partial charge in [-0.2, -0.15) is 0 Å². The Hall–Kier alpha value is -2.88. The Labute approximate surface area is 115 Å². The molecular weight excluding hydrogens is 256 g/mol. The van der Waals surface area contributed by atoms with Crippen molar-refractivity contribution in [3.8, 4) is 0 Å². The van der Waals surface area contributed by atoms with Crippen LogP contribution in [0.15, 0.2) is 48.5 Å². The fourth-order valence-electron chi connectivity index (χ4n) is 1.70. The molecule has 0 aliphatic rings. The summed E-state index contributed by atoms with van der Waals surface area (Å²) in [5, 5.41) is 17.7. The van der Waals surface area contributed by atoms with E-state index in [1.165, 1.54) is 18.2 Å². The van der Waals surface area contributed by atoms with E-state index >= 15 is 0 Å². The van der Waals surface area contributed by atoms with Crippen molar-refractivity contribution in [3.05, 3.63) is 70.8 Å². The van der Waals surface area contributed by atoms with E-state index in [2.05, 4.69) is 0 Å². The molecule has 0 heterocycles. The van der Waals surface area contributed by atoms with Crippen LogP contribution < -0.4 is 0 Å². The molecule has 0 aliphatic carbocycles. The molecule has 0 atom stereocenters. The largest absolute Gasteiger partial charge is 0.478 e. The van der Waals surface area contributed by atoms with Crippen LogP contribution in [0.2, 0.25) is 0 Å². The second-order valence-electron chi connectivity index (χ2n) is 4.19. The molecule has 2 aromatic rings. The molecule has 4 nitrogen and oxygen atoms in total. The van der Waals surface area contributed by atoms with E-state index in [1.54, 1.807) is 42.5 Å². The van der Waals surface area contributed by atoms with E-state index in [9.17, 15) is 9.59 Å². The van der Waals surface area contributed by atoms with Gasteiger partial charge in [0, 0.05) is 0 Å². The minimum atomic E-state index is -0.967. The predicted molar refractivity (Wildman–Crippen MR) is 75.7 cm³/mol. The summed E-state index contributed by atoms with van der Waals surface area (Å²) in [5.41, 5.74) is 2.08. The highest BCUT2D eigenvalue weighted by molar-refractivity contribution is 5.89. The third kappa shape index (κ3) is 3.32. The van der Waals surface area contributed by atoms with E-state index in [4.69, 9.17) is 10.2 Å². The van der Waals surface area contributed by atoms with Crippen molar-refractivity contribution in [2.45, 2.75) is 0 Å². The number of carboxylic acid groups (broad SMARTS) is 2. The second-order valence-corrected chi connectivity index (χ2v) is 4.19. The Morgan fingerprint density at radius 3 is 1.95 bits per heavy atom. The molecule has 0 aromatic heterocycles. The third-order valence-electron chi connectivity index (χ3n) is 2.76. The van der Waals surface area contributed by atoms with Crippen LogP contribution in [0.3, 0.4) is 0 Å². The Morgan fingerprint density at radius 2 is 1.35 bits per heavy atom. The van der Waals surface area contributed by atoms with Gasteiger partial charge in [0.15, 0.2) is 0 Å². The smallest absolute Gasteiger partial charge is 0.335 e. The van der Waals surface area contributed by atoms with Crippen molar-refractivity contribution in [2.75, 3.05) is 0 Å². The number of benzene rings is 2. The number of aromatic carboxylic acids is 2. The van der Waals surface area contributed by atoms with Crippen molar-refractivity contribution in [3.63, 3.8) is 0 Å². The lowest BCUT2D eigenvalue weighted by atomic mass is 10.1. The van der Waals surface area contributed by atoms with E-state index in [0.717, 1.165) is 11.1 Å². The van der Waals surface area contributed by atoms with Gasteiger partial charge in [0.05, 0.1) is 11.1 Å². The highest BCUT2D eigenvalue weighted by Crippen LogP contribution is 2.11. The molecule has 4 heteroatoms. The highest BCUT2D eigenvalue weighted by atomic mass is 16.4. The van der Waals surface area contributed by atoms with Crippen molar-refractivity contribution in [1.82, 2.24) is 0 Å².